The summed E-state index contributed by atoms with van der Waals surface area (Å²) in [5.74, 6) is 0.838. The standard InChI is InChI=1S/C26H29ClN6O/c1-4-22(34)16-19-6-5-18(2)15-24(19)30-25-23(27)17-28-26(31-25)29-20-7-9-21(10-8-20)33-13-11-32(3)12-14-33/h4-10,15,17H,1,11-14,16H2,2-3H3,(H2,28,29,30,31). The summed E-state index contributed by atoms with van der Waals surface area (Å²) in [5.41, 5.74) is 4.77. The van der Waals surface area contributed by atoms with Crippen LogP contribution < -0.4 is 15.5 Å². The third kappa shape index (κ3) is 5.92. The number of hydrogen-bond donors (Lipinski definition) is 2. The van der Waals surface area contributed by atoms with Gasteiger partial charge in [0.15, 0.2) is 11.6 Å². The highest BCUT2D eigenvalue weighted by Crippen LogP contribution is 2.28. The van der Waals surface area contributed by atoms with Crippen molar-refractivity contribution in [3.05, 3.63) is 77.5 Å². The van der Waals surface area contributed by atoms with Crippen LogP contribution in [0.3, 0.4) is 0 Å². The minimum absolute atomic E-state index is 0.0527. The predicted molar refractivity (Wildman–Crippen MR) is 140 cm³/mol. The minimum atomic E-state index is -0.0527. The maximum atomic E-state index is 11.9. The molecule has 0 saturated carbocycles. The highest BCUT2D eigenvalue weighted by Gasteiger charge is 2.15. The lowest BCUT2D eigenvalue weighted by Crippen LogP contribution is -2.44. The molecule has 1 aliphatic heterocycles. The van der Waals surface area contributed by atoms with E-state index in [1.54, 1.807) is 6.20 Å². The van der Waals surface area contributed by atoms with Crippen LogP contribution in [-0.2, 0) is 11.2 Å². The molecule has 0 bridgehead atoms. The lowest BCUT2D eigenvalue weighted by molar-refractivity contribution is -0.114. The molecule has 34 heavy (non-hydrogen) atoms. The fourth-order valence-corrected chi connectivity index (χ4v) is 3.95. The van der Waals surface area contributed by atoms with E-state index in [0.29, 0.717) is 16.8 Å². The van der Waals surface area contributed by atoms with Crippen LogP contribution in [0.2, 0.25) is 5.02 Å². The van der Waals surface area contributed by atoms with E-state index >= 15 is 0 Å². The van der Waals surface area contributed by atoms with Gasteiger partial charge in [-0.05, 0) is 61.5 Å². The van der Waals surface area contributed by atoms with Gasteiger partial charge in [-0.2, -0.15) is 4.98 Å². The van der Waals surface area contributed by atoms with Gasteiger partial charge in [-0.3, -0.25) is 4.79 Å². The molecule has 2 N–H and O–H groups in total. The van der Waals surface area contributed by atoms with E-state index in [2.05, 4.69) is 56.2 Å². The Labute approximate surface area is 205 Å². The molecule has 1 aromatic heterocycles. The molecule has 0 radical (unpaired) electrons. The van der Waals surface area contributed by atoms with Crippen LogP contribution in [0.25, 0.3) is 0 Å². The van der Waals surface area contributed by atoms with Crippen molar-refractivity contribution in [2.24, 2.45) is 0 Å². The van der Waals surface area contributed by atoms with E-state index < -0.39 is 0 Å². The number of aryl methyl sites for hydroxylation is 1. The number of aromatic nitrogens is 2. The van der Waals surface area contributed by atoms with E-state index in [-0.39, 0.29) is 12.2 Å². The summed E-state index contributed by atoms with van der Waals surface area (Å²) in [7, 11) is 2.15. The van der Waals surface area contributed by atoms with Crippen molar-refractivity contribution in [2.75, 3.05) is 48.8 Å². The molecule has 4 rings (SSSR count). The van der Waals surface area contributed by atoms with Gasteiger partial charge in [0.05, 0.1) is 6.20 Å². The fourth-order valence-electron chi connectivity index (χ4n) is 3.81. The number of hydrogen-bond acceptors (Lipinski definition) is 7. The van der Waals surface area contributed by atoms with Crippen LogP contribution in [0.1, 0.15) is 11.1 Å². The first-order chi connectivity index (χ1) is 16.4. The normalized spacial score (nSPS) is 14.0. The molecule has 1 saturated heterocycles. The molecule has 1 fully saturated rings. The maximum Gasteiger partial charge on any atom is 0.229 e. The van der Waals surface area contributed by atoms with Gasteiger partial charge >= 0.3 is 0 Å². The molecule has 176 valence electrons. The third-order valence-corrected chi connectivity index (χ3v) is 6.12. The number of nitrogens with zero attached hydrogens (tertiary/aromatic N) is 4. The van der Waals surface area contributed by atoms with Crippen LogP contribution in [0.5, 0.6) is 0 Å². The zero-order valence-corrected chi connectivity index (χ0v) is 20.3. The van der Waals surface area contributed by atoms with E-state index in [4.69, 9.17) is 11.6 Å². The van der Waals surface area contributed by atoms with Gasteiger partial charge in [0.25, 0.3) is 0 Å². The maximum absolute atomic E-state index is 11.9. The molecule has 0 unspecified atom stereocenters. The monoisotopic (exact) mass is 476 g/mol. The van der Waals surface area contributed by atoms with Crippen LogP contribution in [0, 0.1) is 6.92 Å². The molecule has 0 atom stereocenters. The van der Waals surface area contributed by atoms with Crippen LogP contribution in [0.4, 0.5) is 28.8 Å². The van der Waals surface area contributed by atoms with E-state index in [1.807, 2.05) is 37.3 Å². The van der Waals surface area contributed by atoms with Crippen molar-refractivity contribution in [1.82, 2.24) is 14.9 Å². The highest BCUT2D eigenvalue weighted by molar-refractivity contribution is 6.32. The molecule has 8 heteroatoms. The number of rotatable bonds is 8. The summed E-state index contributed by atoms with van der Waals surface area (Å²) in [4.78, 5) is 25.5. The Morgan fingerprint density at radius 2 is 1.85 bits per heavy atom. The van der Waals surface area contributed by atoms with E-state index in [0.717, 1.165) is 48.7 Å². The second-order valence-electron chi connectivity index (χ2n) is 8.49. The predicted octanol–water partition coefficient (Wildman–Crippen LogP) is 4.98. The molecule has 3 aromatic rings. The van der Waals surface area contributed by atoms with Crippen molar-refractivity contribution in [3.8, 4) is 0 Å². The van der Waals surface area contributed by atoms with E-state index in [1.165, 1.54) is 11.8 Å². The molecule has 1 aliphatic rings. The van der Waals surface area contributed by atoms with Gasteiger partial charge in [0.2, 0.25) is 5.95 Å². The van der Waals surface area contributed by atoms with Gasteiger partial charge in [-0.15, -0.1) is 0 Å². The summed E-state index contributed by atoms with van der Waals surface area (Å²) >= 11 is 6.38. The van der Waals surface area contributed by atoms with Crippen molar-refractivity contribution in [1.29, 1.82) is 0 Å². The summed E-state index contributed by atoms with van der Waals surface area (Å²) in [6, 6.07) is 14.1. The largest absolute Gasteiger partial charge is 0.369 e. The minimum Gasteiger partial charge on any atom is -0.369 e. The van der Waals surface area contributed by atoms with Crippen molar-refractivity contribution < 1.29 is 4.79 Å². The number of ketones is 1. The van der Waals surface area contributed by atoms with Gasteiger partial charge in [-0.25, -0.2) is 4.98 Å². The van der Waals surface area contributed by atoms with Crippen molar-refractivity contribution in [2.45, 2.75) is 13.3 Å². The second-order valence-corrected chi connectivity index (χ2v) is 8.89. The first kappa shape index (κ1) is 23.7. The number of anilines is 5. The zero-order chi connectivity index (χ0) is 24.1. The number of piperazine rings is 1. The first-order valence-corrected chi connectivity index (χ1v) is 11.6. The van der Waals surface area contributed by atoms with Crippen molar-refractivity contribution in [3.63, 3.8) is 0 Å². The SMILES string of the molecule is C=CC(=O)Cc1ccc(C)cc1Nc1nc(Nc2ccc(N3CCN(C)CC3)cc2)ncc1Cl. The topological polar surface area (TPSA) is 73.4 Å². The molecule has 0 aliphatic carbocycles. The average molecular weight is 477 g/mol. The number of nitrogens with one attached hydrogen (secondary N) is 2. The smallest absolute Gasteiger partial charge is 0.229 e. The Morgan fingerprint density at radius 3 is 2.56 bits per heavy atom. The lowest BCUT2D eigenvalue weighted by atomic mass is 10.0. The van der Waals surface area contributed by atoms with E-state index in [9.17, 15) is 4.79 Å². The van der Waals surface area contributed by atoms with Gasteiger partial charge in [0, 0.05) is 49.7 Å². The molecular formula is C26H29ClN6O. The Balaban J connectivity index is 1.49. The number of halogens is 1. The highest BCUT2D eigenvalue weighted by atomic mass is 35.5. The first-order valence-electron chi connectivity index (χ1n) is 11.3. The Morgan fingerprint density at radius 1 is 1.12 bits per heavy atom. The van der Waals surface area contributed by atoms with Crippen LogP contribution in [-0.4, -0.2) is 53.9 Å². The summed E-state index contributed by atoms with van der Waals surface area (Å²) in [6.07, 6.45) is 3.14. The zero-order valence-electron chi connectivity index (χ0n) is 19.5. The number of carbonyl (C=O) groups is 1. The fraction of sp³-hybridized carbons (Fsp3) is 0.269. The summed E-state index contributed by atoms with van der Waals surface area (Å²) < 4.78 is 0. The Bertz CT molecular complexity index is 1170. The number of allylic oxidation sites excluding steroid dienone is 1. The molecular weight excluding hydrogens is 448 g/mol. The molecule has 0 amide bonds. The van der Waals surface area contributed by atoms with Gasteiger partial charge in [0.1, 0.15) is 5.02 Å². The quantitative estimate of drug-likeness (QED) is 0.444. The number of benzene rings is 2. The van der Waals surface area contributed by atoms with Gasteiger partial charge < -0.3 is 20.4 Å². The number of likely N-dealkylation sites (N-methyl/N-ethyl adjacent to an activating group) is 1. The Kier molecular flexibility index (Phi) is 7.45. The Hall–Kier alpha value is -3.42. The molecule has 0 spiro atoms. The molecule has 7 nitrogen and oxygen atoms in total. The van der Waals surface area contributed by atoms with Crippen LogP contribution >= 0.6 is 11.6 Å². The average Bonchev–Trinajstić information content (AvgIpc) is 2.84. The summed E-state index contributed by atoms with van der Waals surface area (Å²) in [6.45, 7) is 9.74. The summed E-state index contributed by atoms with van der Waals surface area (Å²) in [5, 5.41) is 6.91. The third-order valence-electron chi connectivity index (χ3n) is 5.85. The molecule has 2 aromatic carbocycles. The van der Waals surface area contributed by atoms with Crippen LogP contribution in [0.15, 0.2) is 61.3 Å². The second kappa shape index (κ2) is 10.7. The molecule has 2 heterocycles. The van der Waals surface area contributed by atoms with Crippen molar-refractivity contribution >= 4 is 46.2 Å². The number of carbonyl (C=O) groups excluding carboxylic acids is 1. The lowest BCUT2D eigenvalue weighted by Gasteiger charge is -2.34. The van der Waals surface area contributed by atoms with Gasteiger partial charge in [-0.1, -0.05) is 30.3 Å².